The summed E-state index contributed by atoms with van der Waals surface area (Å²) >= 11 is 5.98. The molecule has 92 valence electrons. The van der Waals surface area contributed by atoms with Crippen molar-refractivity contribution >= 4 is 11.6 Å². The van der Waals surface area contributed by atoms with Crippen molar-refractivity contribution in [3.8, 4) is 0 Å². The molecule has 3 rings (SSSR count). The summed E-state index contributed by atoms with van der Waals surface area (Å²) in [6.07, 6.45) is 4.05. The van der Waals surface area contributed by atoms with E-state index < -0.39 is 0 Å². The smallest absolute Gasteiger partial charge is 0.129 e. The molecule has 4 heteroatoms. The summed E-state index contributed by atoms with van der Waals surface area (Å²) < 4.78 is 19.3. The van der Waals surface area contributed by atoms with Crippen molar-refractivity contribution in [1.82, 2.24) is 5.32 Å². The topological polar surface area (TPSA) is 21.3 Å². The van der Waals surface area contributed by atoms with Crippen molar-refractivity contribution in [2.45, 2.75) is 44.1 Å². The van der Waals surface area contributed by atoms with Crippen LogP contribution in [0.5, 0.6) is 0 Å². The van der Waals surface area contributed by atoms with Crippen molar-refractivity contribution in [1.29, 1.82) is 0 Å². The maximum absolute atomic E-state index is 13.6. The standard InChI is InChI=1S/C13H15ClFNO/c14-10-2-1-3-11(15)9(10)7-16-12-6-8-4-5-13(12)17-8/h1-3,8,12-13,16H,4-7H2. The molecule has 2 nitrogen and oxygen atoms in total. The van der Waals surface area contributed by atoms with Crippen molar-refractivity contribution in [2.24, 2.45) is 0 Å². The average molecular weight is 256 g/mol. The van der Waals surface area contributed by atoms with E-state index in [2.05, 4.69) is 5.32 Å². The minimum absolute atomic E-state index is 0.242. The number of hydrogen-bond donors (Lipinski definition) is 1. The molecule has 0 aromatic heterocycles. The van der Waals surface area contributed by atoms with Crippen molar-refractivity contribution in [3.63, 3.8) is 0 Å². The lowest BCUT2D eigenvalue weighted by Gasteiger charge is -2.20. The molecule has 2 aliphatic rings. The fraction of sp³-hybridized carbons (Fsp3) is 0.538. The number of halogens is 2. The van der Waals surface area contributed by atoms with E-state index in [9.17, 15) is 4.39 Å². The van der Waals surface area contributed by atoms with E-state index in [0.29, 0.717) is 35.4 Å². The van der Waals surface area contributed by atoms with Gasteiger partial charge in [0, 0.05) is 23.2 Å². The van der Waals surface area contributed by atoms with E-state index in [1.807, 2.05) is 0 Å². The van der Waals surface area contributed by atoms with Crippen LogP contribution in [0.15, 0.2) is 18.2 Å². The van der Waals surface area contributed by atoms with Gasteiger partial charge in [-0.3, -0.25) is 0 Å². The van der Waals surface area contributed by atoms with Gasteiger partial charge in [-0.05, 0) is 31.4 Å². The summed E-state index contributed by atoms with van der Waals surface area (Å²) in [5, 5.41) is 3.85. The molecular weight excluding hydrogens is 241 g/mol. The van der Waals surface area contributed by atoms with Gasteiger partial charge in [0.05, 0.1) is 12.2 Å². The Morgan fingerprint density at radius 2 is 2.29 bits per heavy atom. The van der Waals surface area contributed by atoms with Crippen LogP contribution in [0.1, 0.15) is 24.8 Å². The lowest BCUT2D eigenvalue weighted by molar-refractivity contribution is 0.0972. The number of hydrogen-bond acceptors (Lipinski definition) is 2. The maximum Gasteiger partial charge on any atom is 0.129 e. The van der Waals surface area contributed by atoms with E-state index in [1.165, 1.54) is 12.5 Å². The second kappa shape index (κ2) is 4.56. The zero-order valence-electron chi connectivity index (χ0n) is 9.46. The maximum atomic E-state index is 13.6. The Morgan fingerprint density at radius 1 is 1.41 bits per heavy atom. The highest BCUT2D eigenvalue weighted by Crippen LogP contribution is 2.34. The van der Waals surface area contributed by atoms with Gasteiger partial charge in [-0.2, -0.15) is 0 Å². The molecule has 3 unspecified atom stereocenters. The van der Waals surface area contributed by atoms with E-state index in [4.69, 9.17) is 16.3 Å². The zero-order valence-corrected chi connectivity index (χ0v) is 10.2. The van der Waals surface area contributed by atoms with Gasteiger partial charge in [-0.25, -0.2) is 4.39 Å². The van der Waals surface area contributed by atoms with Crippen molar-refractivity contribution < 1.29 is 9.13 Å². The molecule has 0 spiro atoms. The molecule has 1 N–H and O–H groups in total. The number of rotatable bonds is 3. The van der Waals surface area contributed by atoms with Crippen LogP contribution in [0.25, 0.3) is 0 Å². The molecular formula is C13H15ClFNO. The average Bonchev–Trinajstić information content (AvgIpc) is 2.90. The third-order valence-electron chi connectivity index (χ3n) is 3.71. The van der Waals surface area contributed by atoms with E-state index in [0.717, 1.165) is 12.8 Å². The molecule has 2 saturated heterocycles. The van der Waals surface area contributed by atoms with Crippen molar-refractivity contribution in [2.75, 3.05) is 0 Å². The highest BCUT2D eigenvalue weighted by atomic mass is 35.5. The van der Waals surface area contributed by atoms with Crippen LogP contribution in [0.3, 0.4) is 0 Å². The van der Waals surface area contributed by atoms with Crippen molar-refractivity contribution in [3.05, 3.63) is 34.6 Å². The number of ether oxygens (including phenoxy) is 1. The van der Waals surface area contributed by atoms with Crippen LogP contribution in [-0.2, 0) is 11.3 Å². The molecule has 17 heavy (non-hydrogen) atoms. The summed E-state index contributed by atoms with van der Waals surface area (Å²) in [4.78, 5) is 0. The predicted octanol–water partition coefficient (Wildman–Crippen LogP) is 2.89. The Hall–Kier alpha value is -0.640. The van der Waals surface area contributed by atoms with Gasteiger partial charge in [0.2, 0.25) is 0 Å². The molecule has 3 atom stereocenters. The number of fused-ring (bicyclic) bond motifs is 2. The Morgan fingerprint density at radius 3 is 2.94 bits per heavy atom. The first-order valence-corrected chi connectivity index (χ1v) is 6.43. The van der Waals surface area contributed by atoms with E-state index in [1.54, 1.807) is 12.1 Å². The highest BCUT2D eigenvalue weighted by molar-refractivity contribution is 6.31. The van der Waals surface area contributed by atoms with Gasteiger partial charge in [0.15, 0.2) is 0 Å². The minimum atomic E-state index is -0.242. The molecule has 0 aliphatic carbocycles. The lowest BCUT2D eigenvalue weighted by Crippen LogP contribution is -2.37. The van der Waals surface area contributed by atoms with Crippen LogP contribution in [0.4, 0.5) is 4.39 Å². The van der Waals surface area contributed by atoms with Crippen LogP contribution in [0, 0.1) is 5.82 Å². The summed E-state index contributed by atoms with van der Waals surface area (Å²) in [6, 6.07) is 5.14. The second-order valence-electron chi connectivity index (χ2n) is 4.80. The van der Waals surface area contributed by atoms with Gasteiger partial charge < -0.3 is 10.1 Å². The molecule has 2 fully saturated rings. The van der Waals surface area contributed by atoms with E-state index >= 15 is 0 Å². The fourth-order valence-electron chi connectivity index (χ4n) is 2.79. The highest BCUT2D eigenvalue weighted by Gasteiger charge is 2.40. The minimum Gasteiger partial charge on any atom is -0.373 e. The first-order valence-electron chi connectivity index (χ1n) is 6.06. The molecule has 0 saturated carbocycles. The molecule has 0 amide bonds. The third-order valence-corrected chi connectivity index (χ3v) is 4.06. The second-order valence-corrected chi connectivity index (χ2v) is 5.20. The van der Waals surface area contributed by atoms with Crippen LogP contribution < -0.4 is 5.32 Å². The van der Waals surface area contributed by atoms with Gasteiger partial charge in [-0.15, -0.1) is 0 Å². The Bertz CT molecular complexity index is 406. The van der Waals surface area contributed by atoms with Gasteiger partial charge in [0.25, 0.3) is 0 Å². The molecule has 2 bridgehead atoms. The Labute approximate surface area is 105 Å². The molecule has 0 radical (unpaired) electrons. The Balaban J connectivity index is 1.64. The molecule has 2 heterocycles. The monoisotopic (exact) mass is 255 g/mol. The fourth-order valence-corrected chi connectivity index (χ4v) is 3.02. The van der Waals surface area contributed by atoms with Gasteiger partial charge in [-0.1, -0.05) is 17.7 Å². The normalized spacial score (nSPS) is 31.1. The predicted molar refractivity (Wildman–Crippen MR) is 64.5 cm³/mol. The largest absolute Gasteiger partial charge is 0.373 e. The summed E-state index contributed by atoms with van der Waals surface area (Å²) in [5.74, 6) is -0.242. The van der Waals surface area contributed by atoms with Crippen LogP contribution in [0.2, 0.25) is 5.02 Å². The zero-order chi connectivity index (χ0) is 11.8. The molecule has 1 aromatic carbocycles. The number of nitrogens with one attached hydrogen (secondary N) is 1. The third kappa shape index (κ3) is 2.19. The summed E-state index contributed by atoms with van der Waals surface area (Å²) in [6.45, 7) is 0.475. The SMILES string of the molecule is Fc1cccc(Cl)c1CNC1CC2CCC1O2. The quantitative estimate of drug-likeness (QED) is 0.897. The van der Waals surface area contributed by atoms with Crippen LogP contribution >= 0.6 is 11.6 Å². The first-order chi connectivity index (χ1) is 8.24. The van der Waals surface area contributed by atoms with E-state index in [-0.39, 0.29) is 5.82 Å². The summed E-state index contributed by atoms with van der Waals surface area (Å²) in [5.41, 5.74) is 0.553. The van der Waals surface area contributed by atoms with Gasteiger partial charge in [0.1, 0.15) is 5.82 Å². The van der Waals surface area contributed by atoms with Gasteiger partial charge >= 0.3 is 0 Å². The number of benzene rings is 1. The molecule has 2 aliphatic heterocycles. The first kappa shape index (κ1) is 11.5. The lowest BCUT2D eigenvalue weighted by atomic mass is 9.95. The van der Waals surface area contributed by atoms with Crippen LogP contribution in [-0.4, -0.2) is 18.2 Å². The Kier molecular flexibility index (Phi) is 3.07. The molecule has 1 aromatic rings. The summed E-state index contributed by atoms with van der Waals surface area (Å²) in [7, 11) is 0.